The number of amides is 1. The van der Waals surface area contributed by atoms with Crippen LogP contribution < -0.4 is 10.7 Å². The molecular weight excluding hydrogens is 250 g/mol. The average molecular weight is 273 g/mol. The minimum absolute atomic E-state index is 0.173. The van der Waals surface area contributed by atoms with Gasteiger partial charge in [0.25, 0.3) is 0 Å². The molecular formula is C16H23N3O. The normalized spacial score (nSPS) is 22.6. The Hall–Kier alpha value is -1.39. The number of hydrazine groups is 1. The lowest BCUT2D eigenvalue weighted by molar-refractivity contribution is -0.132. The van der Waals surface area contributed by atoms with Crippen molar-refractivity contribution in [3.8, 4) is 0 Å². The highest BCUT2D eigenvalue weighted by Crippen LogP contribution is 2.34. The van der Waals surface area contributed by atoms with E-state index in [1.54, 1.807) is 0 Å². The Bertz CT molecular complexity index is 448. The first-order valence-electron chi connectivity index (χ1n) is 7.64. The number of carbonyl (C=O) groups excluding carboxylic acids is 1. The first kappa shape index (κ1) is 13.6. The maximum atomic E-state index is 12.9. The van der Waals surface area contributed by atoms with E-state index in [0.29, 0.717) is 0 Å². The number of nitrogens with zero attached hydrogens (tertiary/aromatic N) is 1. The van der Waals surface area contributed by atoms with E-state index in [2.05, 4.69) is 27.9 Å². The summed E-state index contributed by atoms with van der Waals surface area (Å²) in [6, 6.07) is 10.3. The van der Waals surface area contributed by atoms with Gasteiger partial charge in [-0.3, -0.25) is 10.2 Å². The van der Waals surface area contributed by atoms with Crippen LogP contribution in [0.25, 0.3) is 0 Å². The van der Waals surface area contributed by atoms with Crippen LogP contribution in [0, 0.1) is 0 Å². The van der Waals surface area contributed by atoms with Gasteiger partial charge in [-0.05, 0) is 44.3 Å². The second-order valence-corrected chi connectivity index (χ2v) is 5.83. The van der Waals surface area contributed by atoms with Crippen molar-refractivity contribution in [2.24, 2.45) is 0 Å². The number of carbonyl (C=O) groups is 1. The van der Waals surface area contributed by atoms with Gasteiger partial charge in [0.2, 0.25) is 5.91 Å². The fraction of sp³-hybridized carbons (Fsp3) is 0.562. The van der Waals surface area contributed by atoms with Crippen molar-refractivity contribution < 1.29 is 4.79 Å². The topological polar surface area (TPSA) is 44.4 Å². The van der Waals surface area contributed by atoms with Gasteiger partial charge in [0.15, 0.2) is 0 Å². The van der Waals surface area contributed by atoms with E-state index in [1.165, 1.54) is 12.8 Å². The van der Waals surface area contributed by atoms with Gasteiger partial charge in [0.1, 0.15) is 0 Å². The molecule has 0 aliphatic carbocycles. The summed E-state index contributed by atoms with van der Waals surface area (Å²) in [5.74, 6) is 0.173. The van der Waals surface area contributed by atoms with Crippen molar-refractivity contribution in [1.82, 2.24) is 15.8 Å². The van der Waals surface area contributed by atoms with E-state index >= 15 is 0 Å². The molecule has 0 saturated carbocycles. The van der Waals surface area contributed by atoms with Crippen LogP contribution >= 0.6 is 0 Å². The molecule has 2 aliphatic rings. The molecule has 0 atom stereocenters. The zero-order valence-corrected chi connectivity index (χ0v) is 11.9. The molecule has 0 aromatic heterocycles. The van der Waals surface area contributed by atoms with Gasteiger partial charge in [-0.25, -0.2) is 5.01 Å². The fourth-order valence-electron chi connectivity index (χ4n) is 3.34. The summed E-state index contributed by atoms with van der Waals surface area (Å²) in [5.41, 5.74) is 3.94. The van der Waals surface area contributed by atoms with Crippen molar-refractivity contribution >= 4 is 5.91 Å². The maximum absolute atomic E-state index is 12.9. The van der Waals surface area contributed by atoms with Crippen LogP contribution in [0.3, 0.4) is 0 Å². The Morgan fingerprint density at radius 1 is 1.10 bits per heavy atom. The summed E-state index contributed by atoms with van der Waals surface area (Å²) < 4.78 is 0. The van der Waals surface area contributed by atoms with E-state index in [9.17, 15) is 4.79 Å². The maximum Gasteiger partial charge on any atom is 0.245 e. The average Bonchev–Trinajstić information content (AvgIpc) is 3.02. The number of nitrogens with one attached hydrogen (secondary N) is 2. The van der Waals surface area contributed by atoms with Crippen molar-refractivity contribution in [2.75, 3.05) is 26.2 Å². The van der Waals surface area contributed by atoms with Crippen LogP contribution in [-0.2, 0) is 10.2 Å². The lowest BCUT2D eigenvalue weighted by atomic mass is 9.72. The molecule has 0 spiro atoms. The van der Waals surface area contributed by atoms with Crippen LogP contribution in [0.15, 0.2) is 30.3 Å². The number of benzene rings is 1. The predicted octanol–water partition coefficient (Wildman–Crippen LogP) is 1.43. The van der Waals surface area contributed by atoms with Gasteiger partial charge < -0.3 is 5.32 Å². The van der Waals surface area contributed by atoms with Crippen LogP contribution in [0.4, 0.5) is 0 Å². The molecule has 1 aromatic carbocycles. The molecule has 0 bridgehead atoms. The van der Waals surface area contributed by atoms with Gasteiger partial charge in [-0.2, -0.15) is 0 Å². The third-order valence-corrected chi connectivity index (χ3v) is 4.58. The first-order valence-corrected chi connectivity index (χ1v) is 7.64. The number of rotatable bonds is 3. The first-order chi connectivity index (χ1) is 9.81. The predicted molar refractivity (Wildman–Crippen MR) is 79.2 cm³/mol. The Morgan fingerprint density at radius 3 is 2.40 bits per heavy atom. The molecule has 2 N–H and O–H groups in total. The number of piperidine rings is 1. The van der Waals surface area contributed by atoms with Crippen molar-refractivity contribution in [3.05, 3.63) is 35.9 Å². The molecule has 4 nitrogen and oxygen atoms in total. The molecule has 2 heterocycles. The van der Waals surface area contributed by atoms with Gasteiger partial charge in [0, 0.05) is 13.1 Å². The van der Waals surface area contributed by atoms with Crippen molar-refractivity contribution in [2.45, 2.75) is 31.1 Å². The van der Waals surface area contributed by atoms with Crippen molar-refractivity contribution in [3.63, 3.8) is 0 Å². The standard InChI is InChI=1S/C16H23N3O/c20-15(18-19-12-4-5-13-19)16(8-10-17-11-9-16)14-6-2-1-3-7-14/h1-3,6-7,17H,4-5,8-13H2,(H,18,20). The molecule has 2 aliphatic heterocycles. The van der Waals surface area contributed by atoms with Gasteiger partial charge in [-0.1, -0.05) is 30.3 Å². The molecule has 0 unspecified atom stereocenters. The monoisotopic (exact) mass is 273 g/mol. The van der Waals surface area contributed by atoms with E-state index < -0.39 is 0 Å². The summed E-state index contributed by atoms with van der Waals surface area (Å²) in [4.78, 5) is 12.9. The SMILES string of the molecule is O=C(NN1CCCC1)C1(c2ccccc2)CCNCC1. The lowest BCUT2D eigenvalue weighted by Crippen LogP contribution is -2.54. The van der Waals surface area contributed by atoms with E-state index in [4.69, 9.17) is 0 Å². The van der Waals surface area contributed by atoms with Gasteiger partial charge >= 0.3 is 0 Å². The zero-order valence-electron chi connectivity index (χ0n) is 11.9. The van der Waals surface area contributed by atoms with Crippen LogP contribution in [-0.4, -0.2) is 37.1 Å². The second-order valence-electron chi connectivity index (χ2n) is 5.83. The highest BCUT2D eigenvalue weighted by atomic mass is 16.2. The fourth-order valence-corrected chi connectivity index (χ4v) is 3.34. The van der Waals surface area contributed by atoms with Crippen LogP contribution in [0.1, 0.15) is 31.2 Å². The third kappa shape index (κ3) is 2.58. The zero-order chi connectivity index (χ0) is 13.8. The Kier molecular flexibility index (Phi) is 4.03. The number of hydrogen-bond acceptors (Lipinski definition) is 3. The third-order valence-electron chi connectivity index (χ3n) is 4.58. The quantitative estimate of drug-likeness (QED) is 0.876. The Balaban J connectivity index is 1.83. The highest BCUT2D eigenvalue weighted by molar-refractivity contribution is 5.88. The van der Waals surface area contributed by atoms with Crippen LogP contribution in [0.5, 0.6) is 0 Å². The summed E-state index contributed by atoms with van der Waals surface area (Å²) in [5, 5.41) is 5.44. The van der Waals surface area contributed by atoms with Crippen LogP contribution in [0.2, 0.25) is 0 Å². The molecule has 0 radical (unpaired) electrons. The van der Waals surface area contributed by atoms with E-state index in [-0.39, 0.29) is 11.3 Å². The molecule has 3 rings (SSSR count). The summed E-state index contributed by atoms with van der Waals surface area (Å²) in [6.07, 6.45) is 4.10. The molecule has 2 saturated heterocycles. The summed E-state index contributed by atoms with van der Waals surface area (Å²) >= 11 is 0. The van der Waals surface area contributed by atoms with Gasteiger partial charge in [-0.15, -0.1) is 0 Å². The van der Waals surface area contributed by atoms with E-state index in [1.807, 2.05) is 18.2 Å². The minimum Gasteiger partial charge on any atom is -0.317 e. The smallest absolute Gasteiger partial charge is 0.245 e. The minimum atomic E-state index is -0.366. The molecule has 2 fully saturated rings. The molecule has 1 amide bonds. The number of hydrogen-bond donors (Lipinski definition) is 2. The molecule has 4 heteroatoms. The molecule has 1 aromatic rings. The molecule has 20 heavy (non-hydrogen) atoms. The Labute approximate surface area is 120 Å². The summed E-state index contributed by atoms with van der Waals surface area (Å²) in [6.45, 7) is 3.77. The second kappa shape index (κ2) is 5.94. The van der Waals surface area contributed by atoms with Gasteiger partial charge in [0.05, 0.1) is 5.41 Å². The van der Waals surface area contributed by atoms with E-state index in [0.717, 1.165) is 44.6 Å². The highest BCUT2D eigenvalue weighted by Gasteiger charge is 2.41. The Morgan fingerprint density at radius 2 is 1.75 bits per heavy atom. The van der Waals surface area contributed by atoms with Crippen molar-refractivity contribution in [1.29, 1.82) is 0 Å². The molecule has 108 valence electrons. The summed E-state index contributed by atoms with van der Waals surface area (Å²) in [7, 11) is 0. The lowest BCUT2D eigenvalue weighted by Gasteiger charge is -2.37. The largest absolute Gasteiger partial charge is 0.317 e.